The lowest BCUT2D eigenvalue weighted by Crippen LogP contribution is -2.24. The molecule has 1 aliphatic heterocycles. The molecule has 18 heavy (non-hydrogen) atoms. The van der Waals surface area contributed by atoms with Gasteiger partial charge in [0.1, 0.15) is 0 Å². The molecule has 0 saturated carbocycles. The van der Waals surface area contributed by atoms with Crippen LogP contribution in [-0.4, -0.2) is 49.3 Å². The van der Waals surface area contributed by atoms with Crippen molar-refractivity contribution in [3.63, 3.8) is 0 Å². The van der Waals surface area contributed by atoms with Gasteiger partial charge in [0.15, 0.2) is 0 Å². The maximum atomic E-state index is 10.9. The van der Waals surface area contributed by atoms with Crippen LogP contribution in [0.4, 0.5) is 0 Å². The lowest BCUT2D eigenvalue weighted by Gasteiger charge is -2.15. The van der Waals surface area contributed by atoms with E-state index in [-0.39, 0.29) is 0 Å². The highest BCUT2D eigenvalue weighted by Crippen LogP contribution is 2.27. The van der Waals surface area contributed by atoms with Crippen molar-refractivity contribution in [2.75, 3.05) is 33.4 Å². The summed E-state index contributed by atoms with van der Waals surface area (Å²) in [7, 11) is 1.71. The van der Waals surface area contributed by atoms with E-state index in [2.05, 4.69) is 4.90 Å². The predicted octanol–water partition coefficient (Wildman–Crippen LogP) is 1.82. The Morgan fingerprint density at radius 1 is 1.56 bits per heavy atom. The van der Waals surface area contributed by atoms with Crippen molar-refractivity contribution in [3.8, 4) is 0 Å². The van der Waals surface area contributed by atoms with E-state index >= 15 is 0 Å². The monoisotopic (exact) mass is 249 g/mol. The van der Waals surface area contributed by atoms with Crippen molar-refractivity contribution >= 4 is 5.97 Å². The molecule has 1 unspecified atom stereocenters. The molecular formula is C14H19NO3. The van der Waals surface area contributed by atoms with Crippen LogP contribution in [0.25, 0.3) is 0 Å². The van der Waals surface area contributed by atoms with E-state index in [9.17, 15) is 4.79 Å². The van der Waals surface area contributed by atoms with E-state index in [1.807, 2.05) is 12.1 Å². The van der Waals surface area contributed by atoms with Crippen LogP contribution in [0.2, 0.25) is 0 Å². The first-order chi connectivity index (χ1) is 8.70. The minimum Gasteiger partial charge on any atom is -0.478 e. The van der Waals surface area contributed by atoms with Gasteiger partial charge < -0.3 is 14.7 Å². The zero-order valence-electron chi connectivity index (χ0n) is 10.6. The molecule has 0 aliphatic carbocycles. The summed E-state index contributed by atoms with van der Waals surface area (Å²) in [6.07, 6.45) is 1.09. The van der Waals surface area contributed by atoms with E-state index in [1.54, 1.807) is 19.2 Å². The third-order valence-electron chi connectivity index (χ3n) is 3.49. The number of ether oxygens (including phenoxy) is 1. The van der Waals surface area contributed by atoms with Gasteiger partial charge >= 0.3 is 5.97 Å². The summed E-state index contributed by atoms with van der Waals surface area (Å²) < 4.78 is 5.08. The van der Waals surface area contributed by atoms with Crippen LogP contribution >= 0.6 is 0 Å². The summed E-state index contributed by atoms with van der Waals surface area (Å²) in [5, 5.41) is 8.99. The second kappa shape index (κ2) is 5.98. The fraction of sp³-hybridized carbons (Fsp3) is 0.500. The number of carbonyl (C=O) groups is 1. The Kier molecular flexibility index (Phi) is 4.33. The molecule has 0 spiro atoms. The SMILES string of the molecule is COCCN1CCC(c2cccc(C(=O)O)c2)C1. The number of likely N-dealkylation sites (tertiary alicyclic amines) is 1. The molecule has 1 aromatic rings. The van der Waals surface area contributed by atoms with Crippen molar-refractivity contribution < 1.29 is 14.6 Å². The van der Waals surface area contributed by atoms with E-state index in [0.717, 1.165) is 38.2 Å². The molecule has 4 heteroatoms. The second-order valence-electron chi connectivity index (χ2n) is 4.71. The number of carboxylic acids is 1. The van der Waals surface area contributed by atoms with Gasteiger partial charge in [0.2, 0.25) is 0 Å². The maximum absolute atomic E-state index is 10.9. The summed E-state index contributed by atoms with van der Waals surface area (Å²) in [4.78, 5) is 13.3. The van der Waals surface area contributed by atoms with Gasteiger partial charge in [0, 0.05) is 20.2 Å². The van der Waals surface area contributed by atoms with E-state index < -0.39 is 5.97 Å². The lowest BCUT2D eigenvalue weighted by molar-refractivity contribution is 0.0696. The van der Waals surface area contributed by atoms with E-state index in [1.165, 1.54) is 0 Å². The Labute approximate surface area is 107 Å². The quantitative estimate of drug-likeness (QED) is 0.864. The summed E-state index contributed by atoms with van der Waals surface area (Å²) in [5.41, 5.74) is 1.51. The van der Waals surface area contributed by atoms with Gasteiger partial charge in [-0.05, 0) is 36.6 Å². The van der Waals surface area contributed by atoms with Crippen molar-refractivity contribution in [1.82, 2.24) is 4.90 Å². The Morgan fingerprint density at radius 3 is 3.11 bits per heavy atom. The molecule has 0 aromatic heterocycles. The Bertz CT molecular complexity index is 419. The number of rotatable bonds is 5. The van der Waals surface area contributed by atoms with Gasteiger partial charge in [-0.3, -0.25) is 0 Å². The minimum absolute atomic E-state index is 0.378. The first-order valence-electron chi connectivity index (χ1n) is 6.25. The second-order valence-corrected chi connectivity index (χ2v) is 4.71. The molecule has 1 N–H and O–H groups in total. The van der Waals surface area contributed by atoms with Gasteiger partial charge in [-0.1, -0.05) is 12.1 Å². The summed E-state index contributed by atoms with van der Waals surface area (Å²) in [6, 6.07) is 7.30. The molecule has 1 saturated heterocycles. The molecule has 0 bridgehead atoms. The molecule has 0 radical (unpaired) electrons. The molecule has 1 aromatic carbocycles. The topological polar surface area (TPSA) is 49.8 Å². The molecular weight excluding hydrogens is 230 g/mol. The lowest BCUT2D eigenvalue weighted by atomic mass is 9.97. The van der Waals surface area contributed by atoms with Gasteiger partial charge in [-0.25, -0.2) is 4.79 Å². The highest BCUT2D eigenvalue weighted by atomic mass is 16.5. The number of methoxy groups -OCH3 is 1. The first-order valence-corrected chi connectivity index (χ1v) is 6.25. The predicted molar refractivity (Wildman–Crippen MR) is 69.1 cm³/mol. The van der Waals surface area contributed by atoms with Crippen LogP contribution in [0.1, 0.15) is 28.3 Å². The highest BCUT2D eigenvalue weighted by molar-refractivity contribution is 5.87. The van der Waals surface area contributed by atoms with Crippen molar-refractivity contribution in [2.45, 2.75) is 12.3 Å². The fourth-order valence-corrected chi connectivity index (χ4v) is 2.45. The van der Waals surface area contributed by atoms with Crippen molar-refractivity contribution in [1.29, 1.82) is 0 Å². The third kappa shape index (κ3) is 3.09. The van der Waals surface area contributed by atoms with Crippen LogP contribution in [0.15, 0.2) is 24.3 Å². The normalized spacial score (nSPS) is 20.2. The zero-order chi connectivity index (χ0) is 13.0. The van der Waals surface area contributed by atoms with Crippen LogP contribution in [-0.2, 0) is 4.74 Å². The number of hydrogen-bond acceptors (Lipinski definition) is 3. The van der Waals surface area contributed by atoms with Crippen LogP contribution < -0.4 is 0 Å². The zero-order valence-corrected chi connectivity index (χ0v) is 10.6. The number of hydrogen-bond donors (Lipinski definition) is 1. The summed E-state index contributed by atoms with van der Waals surface area (Å²) in [5.74, 6) is -0.410. The minimum atomic E-state index is -0.855. The molecule has 1 aliphatic rings. The van der Waals surface area contributed by atoms with E-state index in [4.69, 9.17) is 9.84 Å². The van der Waals surface area contributed by atoms with Gasteiger partial charge in [0.25, 0.3) is 0 Å². The largest absolute Gasteiger partial charge is 0.478 e. The van der Waals surface area contributed by atoms with Gasteiger partial charge in [-0.2, -0.15) is 0 Å². The molecule has 1 atom stereocenters. The fourth-order valence-electron chi connectivity index (χ4n) is 2.45. The number of benzene rings is 1. The Hall–Kier alpha value is -1.39. The van der Waals surface area contributed by atoms with Crippen molar-refractivity contribution in [2.24, 2.45) is 0 Å². The highest BCUT2D eigenvalue weighted by Gasteiger charge is 2.23. The number of carboxylic acid groups (broad SMARTS) is 1. The molecule has 2 rings (SSSR count). The Morgan fingerprint density at radius 2 is 2.39 bits per heavy atom. The standard InChI is InChI=1S/C14H19NO3/c1-18-8-7-15-6-5-13(10-15)11-3-2-4-12(9-11)14(16)17/h2-4,9,13H,5-8,10H2,1H3,(H,16,17). The summed E-state index contributed by atoms with van der Waals surface area (Å²) >= 11 is 0. The van der Waals surface area contributed by atoms with Crippen LogP contribution in [0.5, 0.6) is 0 Å². The summed E-state index contributed by atoms with van der Waals surface area (Å²) in [6.45, 7) is 3.76. The van der Waals surface area contributed by atoms with Crippen LogP contribution in [0.3, 0.4) is 0 Å². The van der Waals surface area contributed by atoms with Crippen LogP contribution in [0, 0.1) is 0 Å². The number of nitrogens with zero attached hydrogens (tertiary/aromatic N) is 1. The van der Waals surface area contributed by atoms with Gasteiger partial charge in [-0.15, -0.1) is 0 Å². The van der Waals surface area contributed by atoms with E-state index in [0.29, 0.717) is 11.5 Å². The third-order valence-corrected chi connectivity index (χ3v) is 3.49. The average molecular weight is 249 g/mol. The number of aromatic carboxylic acids is 1. The molecule has 1 heterocycles. The molecule has 98 valence electrons. The first kappa shape index (κ1) is 13.1. The smallest absolute Gasteiger partial charge is 0.335 e. The molecule has 4 nitrogen and oxygen atoms in total. The Balaban J connectivity index is 2.00. The maximum Gasteiger partial charge on any atom is 0.335 e. The van der Waals surface area contributed by atoms with Gasteiger partial charge in [0.05, 0.1) is 12.2 Å². The molecule has 1 fully saturated rings. The molecule has 0 amide bonds. The van der Waals surface area contributed by atoms with Crippen molar-refractivity contribution in [3.05, 3.63) is 35.4 Å². The average Bonchev–Trinajstić information content (AvgIpc) is 2.85.